The van der Waals surface area contributed by atoms with Gasteiger partial charge >= 0.3 is 0 Å². The maximum absolute atomic E-state index is 6.68. The summed E-state index contributed by atoms with van der Waals surface area (Å²) in [6.45, 7) is 14.4. The summed E-state index contributed by atoms with van der Waals surface area (Å²) in [4.78, 5) is 0. The largest absolute Gasteiger partial charge is 0.411 e. The van der Waals surface area contributed by atoms with Gasteiger partial charge in [-0.1, -0.05) is 124 Å². The second kappa shape index (κ2) is 9.00. The number of hydrogen-bond donors (Lipinski definition) is 0. The van der Waals surface area contributed by atoms with E-state index in [2.05, 4.69) is 124 Å². The standard InChI is InChI=1S/C28H39BrOSi/c1-26(2,3)31(30-7,22-14-9-8-10-15-22)25-17-12-11-16-23(25)24-18-20-28(6,19-13-21-29)27(24,4)5/h8-17,19,24H,18,20-21H2,1-7H3. The fourth-order valence-electron chi connectivity index (χ4n) is 5.99. The van der Waals surface area contributed by atoms with E-state index < -0.39 is 8.32 Å². The van der Waals surface area contributed by atoms with Crippen LogP contribution in [0.3, 0.4) is 0 Å². The molecule has 31 heavy (non-hydrogen) atoms. The van der Waals surface area contributed by atoms with Crippen LogP contribution >= 0.6 is 15.9 Å². The third kappa shape index (κ3) is 4.02. The number of alkyl halides is 1. The molecule has 0 N–H and O–H groups in total. The predicted octanol–water partition coefficient (Wildman–Crippen LogP) is 7.05. The second-order valence-corrected chi connectivity index (χ2v) is 15.9. The number of benzene rings is 2. The summed E-state index contributed by atoms with van der Waals surface area (Å²) in [5.74, 6) is 0.502. The van der Waals surface area contributed by atoms with Crippen LogP contribution in [0.4, 0.5) is 0 Å². The molecule has 0 saturated heterocycles. The highest BCUT2D eigenvalue weighted by molar-refractivity contribution is 9.09. The van der Waals surface area contributed by atoms with Crippen molar-refractivity contribution in [2.24, 2.45) is 10.8 Å². The van der Waals surface area contributed by atoms with Crippen molar-refractivity contribution in [1.29, 1.82) is 0 Å². The molecule has 1 saturated carbocycles. The first kappa shape index (κ1) is 24.5. The lowest BCUT2D eigenvalue weighted by molar-refractivity contribution is 0.171. The zero-order valence-corrected chi connectivity index (χ0v) is 22.9. The van der Waals surface area contributed by atoms with Crippen LogP contribution < -0.4 is 10.4 Å². The molecule has 0 aromatic heterocycles. The van der Waals surface area contributed by atoms with Gasteiger partial charge in [-0.25, -0.2) is 0 Å². The predicted molar refractivity (Wildman–Crippen MR) is 141 cm³/mol. The van der Waals surface area contributed by atoms with Gasteiger partial charge in [-0.05, 0) is 50.6 Å². The van der Waals surface area contributed by atoms with Crippen molar-refractivity contribution in [2.75, 3.05) is 12.4 Å². The van der Waals surface area contributed by atoms with Crippen molar-refractivity contribution in [3.63, 3.8) is 0 Å². The summed E-state index contributed by atoms with van der Waals surface area (Å²) in [5, 5.41) is 3.73. The van der Waals surface area contributed by atoms with Gasteiger partial charge in [0, 0.05) is 12.4 Å². The van der Waals surface area contributed by atoms with Gasteiger partial charge in [0.15, 0.2) is 0 Å². The van der Waals surface area contributed by atoms with Crippen molar-refractivity contribution in [1.82, 2.24) is 0 Å². The van der Waals surface area contributed by atoms with Gasteiger partial charge in [0.05, 0.1) is 0 Å². The highest BCUT2D eigenvalue weighted by Crippen LogP contribution is 2.60. The van der Waals surface area contributed by atoms with E-state index in [9.17, 15) is 0 Å². The first-order valence-electron chi connectivity index (χ1n) is 11.5. The summed E-state index contributed by atoms with van der Waals surface area (Å²) in [6.07, 6.45) is 7.15. The van der Waals surface area contributed by atoms with Crippen molar-refractivity contribution in [3.05, 3.63) is 72.3 Å². The molecule has 1 aliphatic carbocycles. The van der Waals surface area contributed by atoms with Crippen LogP contribution in [-0.2, 0) is 4.43 Å². The Hall–Kier alpha value is -1.16. The summed E-state index contributed by atoms with van der Waals surface area (Å²) in [6, 6.07) is 20.2. The quantitative estimate of drug-likeness (QED) is 0.235. The fraction of sp³-hybridized carbons (Fsp3) is 0.500. The van der Waals surface area contributed by atoms with Crippen LogP contribution in [0.2, 0.25) is 5.04 Å². The van der Waals surface area contributed by atoms with Crippen LogP contribution in [0.15, 0.2) is 66.7 Å². The number of rotatable bonds is 6. The Balaban J connectivity index is 2.23. The van der Waals surface area contributed by atoms with Crippen LogP contribution in [0.5, 0.6) is 0 Å². The molecule has 0 aliphatic heterocycles. The molecule has 168 valence electrons. The van der Waals surface area contributed by atoms with Gasteiger partial charge in [0.2, 0.25) is 0 Å². The second-order valence-electron chi connectivity index (χ2n) is 10.9. The molecule has 0 radical (unpaired) electrons. The number of allylic oxidation sites excluding steroid dienone is 2. The van der Waals surface area contributed by atoms with Crippen LogP contribution in [0, 0.1) is 10.8 Å². The monoisotopic (exact) mass is 498 g/mol. The van der Waals surface area contributed by atoms with E-state index in [0.29, 0.717) is 5.92 Å². The number of halogens is 1. The summed E-state index contributed by atoms with van der Waals surface area (Å²) >= 11 is 3.58. The maximum Gasteiger partial charge on any atom is 0.260 e. The molecule has 1 nitrogen and oxygen atoms in total. The summed E-state index contributed by atoms with van der Waals surface area (Å²) in [5.41, 5.74) is 1.84. The fourth-order valence-corrected chi connectivity index (χ4v) is 10.9. The zero-order valence-electron chi connectivity index (χ0n) is 20.3. The SMILES string of the molecule is CO[Si](c1ccccc1)(c1ccccc1C1CCC(C)(C=CCBr)C1(C)C)C(C)(C)C. The molecule has 0 spiro atoms. The molecule has 0 bridgehead atoms. The average Bonchev–Trinajstić information content (AvgIpc) is 2.97. The van der Waals surface area contributed by atoms with E-state index in [1.807, 2.05) is 7.11 Å². The van der Waals surface area contributed by atoms with E-state index in [0.717, 1.165) is 5.33 Å². The summed E-state index contributed by atoms with van der Waals surface area (Å²) in [7, 11) is -0.561. The molecule has 1 fully saturated rings. The zero-order chi connectivity index (χ0) is 22.9. The molecule has 2 aromatic rings. The van der Waals surface area contributed by atoms with Gasteiger partial charge in [-0.2, -0.15) is 0 Å². The highest BCUT2D eigenvalue weighted by Gasteiger charge is 2.55. The van der Waals surface area contributed by atoms with Gasteiger partial charge in [-0.15, -0.1) is 0 Å². The smallest absolute Gasteiger partial charge is 0.260 e. The van der Waals surface area contributed by atoms with Gasteiger partial charge in [-0.3, -0.25) is 0 Å². The lowest BCUT2D eigenvalue weighted by Gasteiger charge is -2.45. The van der Waals surface area contributed by atoms with Crippen molar-refractivity contribution < 1.29 is 4.43 Å². The topological polar surface area (TPSA) is 9.23 Å². The molecule has 3 unspecified atom stereocenters. The molecular weight excluding hydrogens is 460 g/mol. The third-order valence-corrected chi connectivity index (χ3v) is 13.6. The Morgan fingerprint density at radius 3 is 2.23 bits per heavy atom. The Morgan fingerprint density at radius 1 is 1.03 bits per heavy atom. The van der Waals surface area contributed by atoms with Crippen molar-refractivity contribution >= 4 is 34.6 Å². The molecular formula is C28H39BrOSi. The normalized spacial score (nSPS) is 25.6. The molecule has 0 heterocycles. The highest BCUT2D eigenvalue weighted by atomic mass is 79.9. The van der Waals surface area contributed by atoms with E-state index in [-0.39, 0.29) is 15.9 Å². The minimum absolute atomic E-state index is 0.0150. The Bertz CT molecular complexity index is 914. The van der Waals surface area contributed by atoms with Crippen LogP contribution in [-0.4, -0.2) is 20.8 Å². The van der Waals surface area contributed by atoms with Gasteiger partial charge < -0.3 is 4.43 Å². The van der Waals surface area contributed by atoms with Gasteiger partial charge in [0.1, 0.15) is 0 Å². The molecule has 3 heteroatoms. The van der Waals surface area contributed by atoms with E-state index in [1.165, 1.54) is 28.8 Å². The Morgan fingerprint density at radius 2 is 1.65 bits per heavy atom. The Kier molecular flexibility index (Phi) is 7.10. The van der Waals surface area contributed by atoms with Crippen molar-refractivity contribution in [2.45, 2.75) is 65.3 Å². The molecule has 0 amide bonds. The molecule has 2 aromatic carbocycles. The maximum atomic E-state index is 6.68. The third-order valence-electron chi connectivity index (χ3n) is 8.13. The number of hydrogen-bond acceptors (Lipinski definition) is 1. The van der Waals surface area contributed by atoms with Gasteiger partial charge in [0.25, 0.3) is 8.32 Å². The van der Waals surface area contributed by atoms with Crippen molar-refractivity contribution in [3.8, 4) is 0 Å². The van der Waals surface area contributed by atoms with E-state index in [1.54, 1.807) is 0 Å². The van der Waals surface area contributed by atoms with Crippen LogP contribution in [0.1, 0.15) is 65.9 Å². The lowest BCUT2D eigenvalue weighted by Crippen LogP contribution is -2.67. The first-order valence-corrected chi connectivity index (χ1v) is 14.5. The lowest BCUT2D eigenvalue weighted by atomic mass is 9.64. The minimum Gasteiger partial charge on any atom is -0.411 e. The van der Waals surface area contributed by atoms with Crippen LogP contribution in [0.25, 0.3) is 0 Å². The average molecular weight is 500 g/mol. The van der Waals surface area contributed by atoms with E-state index >= 15 is 0 Å². The molecule has 3 rings (SSSR count). The molecule has 1 aliphatic rings. The van der Waals surface area contributed by atoms with E-state index in [4.69, 9.17) is 4.43 Å². The summed E-state index contributed by atoms with van der Waals surface area (Å²) < 4.78 is 6.68. The first-order chi connectivity index (χ1) is 14.5. The minimum atomic E-state index is -2.50. The Labute approximate surface area is 199 Å². The molecule has 3 atom stereocenters.